The molecule has 70 valence electrons. The average Bonchev–Trinajstić information content (AvgIpc) is 2.18. The van der Waals surface area contributed by atoms with Crippen LogP contribution in [0.15, 0.2) is 29.4 Å². The SMILES string of the molecule is COc1ccc([C@@H](C)/C=N/O)cc1. The van der Waals surface area contributed by atoms with Crippen molar-refractivity contribution in [1.29, 1.82) is 0 Å². The monoisotopic (exact) mass is 179 g/mol. The normalized spacial score (nSPS) is 13.1. The number of benzene rings is 1. The fraction of sp³-hybridized carbons (Fsp3) is 0.300. The van der Waals surface area contributed by atoms with E-state index in [1.807, 2.05) is 31.2 Å². The van der Waals surface area contributed by atoms with E-state index < -0.39 is 0 Å². The van der Waals surface area contributed by atoms with Crippen LogP contribution in [0.1, 0.15) is 18.4 Å². The van der Waals surface area contributed by atoms with Gasteiger partial charge >= 0.3 is 0 Å². The van der Waals surface area contributed by atoms with Crippen LogP contribution in [0, 0.1) is 0 Å². The first kappa shape index (κ1) is 9.58. The highest BCUT2D eigenvalue weighted by Gasteiger charge is 2.01. The molecule has 0 fully saturated rings. The molecule has 1 atom stereocenters. The van der Waals surface area contributed by atoms with Crippen molar-refractivity contribution in [2.75, 3.05) is 7.11 Å². The van der Waals surface area contributed by atoms with Crippen molar-refractivity contribution in [2.24, 2.45) is 5.16 Å². The van der Waals surface area contributed by atoms with Crippen LogP contribution in [0.2, 0.25) is 0 Å². The lowest BCUT2D eigenvalue weighted by Crippen LogP contribution is -1.94. The lowest BCUT2D eigenvalue weighted by Gasteiger charge is -2.05. The molecule has 3 nitrogen and oxygen atoms in total. The smallest absolute Gasteiger partial charge is 0.118 e. The fourth-order valence-corrected chi connectivity index (χ4v) is 1.09. The molecular formula is C10H13NO2. The van der Waals surface area contributed by atoms with E-state index in [2.05, 4.69) is 5.16 Å². The maximum Gasteiger partial charge on any atom is 0.118 e. The van der Waals surface area contributed by atoms with Crippen LogP contribution in [0.25, 0.3) is 0 Å². The zero-order valence-corrected chi connectivity index (χ0v) is 7.77. The average molecular weight is 179 g/mol. The van der Waals surface area contributed by atoms with E-state index >= 15 is 0 Å². The largest absolute Gasteiger partial charge is 0.497 e. The molecular weight excluding hydrogens is 166 g/mol. The molecule has 0 aliphatic carbocycles. The zero-order chi connectivity index (χ0) is 9.68. The highest BCUT2D eigenvalue weighted by Crippen LogP contribution is 2.17. The van der Waals surface area contributed by atoms with Crippen molar-refractivity contribution in [2.45, 2.75) is 12.8 Å². The summed E-state index contributed by atoms with van der Waals surface area (Å²) in [6, 6.07) is 7.67. The number of rotatable bonds is 3. The standard InChI is InChI=1S/C10H13NO2/c1-8(7-11-12)9-3-5-10(13-2)6-4-9/h3-8,12H,1-2H3/b11-7+/t8-/m0/s1. The Morgan fingerprint density at radius 3 is 2.46 bits per heavy atom. The molecule has 0 aliphatic rings. The van der Waals surface area contributed by atoms with E-state index in [1.54, 1.807) is 7.11 Å². The molecule has 0 bridgehead atoms. The number of hydrogen-bond donors (Lipinski definition) is 1. The third kappa shape index (κ3) is 2.47. The van der Waals surface area contributed by atoms with Crippen molar-refractivity contribution in [3.05, 3.63) is 29.8 Å². The van der Waals surface area contributed by atoms with Gasteiger partial charge in [-0.3, -0.25) is 0 Å². The van der Waals surface area contributed by atoms with Gasteiger partial charge in [0.15, 0.2) is 0 Å². The van der Waals surface area contributed by atoms with Crippen LogP contribution in [0.3, 0.4) is 0 Å². The van der Waals surface area contributed by atoms with Crippen LogP contribution < -0.4 is 4.74 Å². The first-order valence-corrected chi connectivity index (χ1v) is 4.09. The molecule has 0 saturated carbocycles. The number of oxime groups is 1. The number of ether oxygens (including phenoxy) is 1. The van der Waals surface area contributed by atoms with Crippen molar-refractivity contribution < 1.29 is 9.94 Å². The molecule has 1 rings (SSSR count). The zero-order valence-electron chi connectivity index (χ0n) is 7.77. The summed E-state index contributed by atoms with van der Waals surface area (Å²) in [5, 5.41) is 11.3. The summed E-state index contributed by atoms with van der Waals surface area (Å²) in [5.41, 5.74) is 1.10. The maximum absolute atomic E-state index is 8.34. The topological polar surface area (TPSA) is 41.8 Å². The van der Waals surface area contributed by atoms with Crippen molar-refractivity contribution >= 4 is 6.21 Å². The van der Waals surface area contributed by atoms with Gasteiger partial charge in [-0.15, -0.1) is 5.16 Å². The predicted octanol–water partition coefficient (Wildman–Crippen LogP) is 2.26. The molecule has 1 N–H and O–H groups in total. The van der Waals surface area contributed by atoms with Crippen LogP contribution in [0.5, 0.6) is 5.75 Å². The molecule has 0 aliphatic heterocycles. The second-order valence-corrected chi connectivity index (χ2v) is 2.83. The Balaban J connectivity index is 2.79. The van der Waals surface area contributed by atoms with Crippen LogP contribution in [0.4, 0.5) is 0 Å². The first-order chi connectivity index (χ1) is 6.27. The molecule has 3 heteroatoms. The quantitative estimate of drug-likeness (QED) is 0.439. The van der Waals surface area contributed by atoms with Crippen LogP contribution >= 0.6 is 0 Å². The molecule has 0 heterocycles. The minimum Gasteiger partial charge on any atom is -0.497 e. The van der Waals surface area contributed by atoms with Gasteiger partial charge in [0.1, 0.15) is 5.75 Å². The van der Waals surface area contributed by atoms with Gasteiger partial charge in [-0.25, -0.2) is 0 Å². The summed E-state index contributed by atoms with van der Waals surface area (Å²) in [4.78, 5) is 0. The Hall–Kier alpha value is -1.51. The van der Waals surface area contributed by atoms with Gasteiger partial charge in [0.2, 0.25) is 0 Å². The second-order valence-electron chi connectivity index (χ2n) is 2.83. The molecule has 1 aromatic carbocycles. The Kier molecular flexibility index (Phi) is 3.31. The third-order valence-corrected chi connectivity index (χ3v) is 1.93. The number of hydrogen-bond acceptors (Lipinski definition) is 3. The van der Waals surface area contributed by atoms with Crippen molar-refractivity contribution in [1.82, 2.24) is 0 Å². The highest BCUT2D eigenvalue weighted by atomic mass is 16.5. The van der Waals surface area contributed by atoms with Gasteiger partial charge in [-0.2, -0.15) is 0 Å². The molecule has 0 spiro atoms. The summed E-state index contributed by atoms with van der Waals surface area (Å²) < 4.78 is 5.03. The molecule has 0 amide bonds. The van der Waals surface area contributed by atoms with Crippen LogP contribution in [-0.4, -0.2) is 18.5 Å². The summed E-state index contributed by atoms with van der Waals surface area (Å²) in [6.45, 7) is 1.96. The summed E-state index contributed by atoms with van der Waals surface area (Å²) in [5.74, 6) is 0.952. The van der Waals surface area contributed by atoms with Gasteiger partial charge < -0.3 is 9.94 Å². The predicted molar refractivity (Wildman–Crippen MR) is 51.7 cm³/mol. The first-order valence-electron chi connectivity index (χ1n) is 4.09. The molecule has 0 saturated heterocycles. The lowest BCUT2D eigenvalue weighted by atomic mass is 10.0. The Bertz CT molecular complexity index is 279. The minimum atomic E-state index is 0.121. The Labute approximate surface area is 77.6 Å². The van der Waals surface area contributed by atoms with E-state index in [9.17, 15) is 0 Å². The highest BCUT2D eigenvalue weighted by molar-refractivity contribution is 5.66. The molecule has 13 heavy (non-hydrogen) atoms. The van der Waals surface area contributed by atoms with Gasteiger partial charge in [0, 0.05) is 5.92 Å². The molecule has 1 aromatic rings. The minimum absolute atomic E-state index is 0.121. The van der Waals surface area contributed by atoms with Gasteiger partial charge in [0.25, 0.3) is 0 Å². The number of nitrogens with zero attached hydrogens (tertiary/aromatic N) is 1. The Morgan fingerprint density at radius 1 is 1.38 bits per heavy atom. The van der Waals surface area contributed by atoms with Crippen LogP contribution in [-0.2, 0) is 0 Å². The Morgan fingerprint density at radius 2 is 2.00 bits per heavy atom. The van der Waals surface area contributed by atoms with E-state index in [1.165, 1.54) is 6.21 Å². The van der Waals surface area contributed by atoms with Gasteiger partial charge in [0.05, 0.1) is 13.3 Å². The van der Waals surface area contributed by atoms with Crippen molar-refractivity contribution in [3.8, 4) is 5.75 Å². The van der Waals surface area contributed by atoms with E-state index in [-0.39, 0.29) is 5.92 Å². The summed E-state index contributed by atoms with van der Waals surface area (Å²) >= 11 is 0. The molecule has 0 unspecified atom stereocenters. The molecule has 0 aromatic heterocycles. The molecule has 0 radical (unpaired) electrons. The third-order valence-electron chi connectivity index (χ3n) is 1.93. The maximum atomic E-state index is 8.34. The van der Waals surface area contributed by atoms with E-state index in [0.29, 0.717) is 0 Å². The lowest BCUT2D eigenvalue weighted by molar-refractivity contribution is 0.320. The fourth-order valence-electron chi connectivity index (χ4n) is 1.09. The van der Waals surface area contributed by atoms with E-state index in [4.69, 9.17) is 9.94 Å². The van der Waals surface area contributed by atoms with E-state index in [0.717, 1.165) is 11.3 Å². The summed E-state index contributed by atoms with van der Waals surface area (Å²) in [7, 11) is 1.63. The van der Waals surface area contributed by atoms with Gasteiger partial charge in [-0.05, 0) is 17.7 Å². The number of methoxy groups -OCH3 is 1. The van der Waals surface area contributed by atoms with Crippen molar-refractivity contribution in [3.63, 3.8) is 0 Å². The second kappa shape index (κ2) is 4.50. The summed E-state index contributed by atoms with van der Waals surface area (Å²) in [6.07, 6.45) is 1.49. The van der Waals surface area contributed by atoms with Gasteiger partial charge in [-0.1, -0.05) is 19.1 Å².